The molecule has 2 rings (SSSR count). The van der Waals surface area contributed by atoms with Crippen LogP contribution in [0.5, 0.6) is 0 Å². The minimum atomic E-state index is 0.163. The molecular weight excluding hydrogens is 176 g/mol. The van der Waals surface area contributed by atoms with Crippen LogP contribution in [0, 0.1) is 0 Å². The molecule has 1 aliphatic heterocycles. The first kappa shape index (κ1) is 9.19. The lowest BCUT2D eigenvalue weighted by Gasteiger charge is -2.23. The summed E-state index contributed by atoms with van der Waals surface area (Å²) in [7, 11) is 0. The Balaban J connectivity index is 2.22. The van der Waals surface area contributed by atoms with Crippen molar-refractivity contribution in [3.63, 3.8) is 0 Å². The van der Waals surface area contributed by atoms with E-state index < -0.39 is 0 Å². The van der Waals surface area contributed by atoms with Gasteiger partial charge in [0.05, 0.1) is 6.04 Å². The number of carbonyl (C=O) groups is 1. The Morgan fingerprint density at radius 2 is 2.50 bits per heavy atom. The van der Waals surface area contributed by atoms with Gasteiger partial charge in [0.15, 0.2) is 0 Å². The van der Waals surface area contributed by atoms with Gasteiger partial charge in [-0.1, -0.05) is 6.07 Å². The maximum Gasteiger partial charge on any atom is 0.219 e. The number of nitrogens with zero attached hydrogens (tertiary/aromatic N) is 2. The molecule has 0 N–H and O–H groups in total. The highest BCUT2D eigenvalue weighted by Crippen LogP contribution is 2.30. The van der Waals surface area contributed by atoms with Crippen molar-refractivity contribution in [3.05, 3.63) is 30.1 Å². The highest BCUT2D eigenvalue weighted by Gasteiger charge is 2.27. The van der Waals surface area contributed by atoms with E-state index in [2.05, 4.69) is 4.98 Å². The minimum absolute atomic E-state index is 0.163. The number of amides is 1. The van der Waals surface area contributed by atoms with Crippen LogP contribution in [-0.4, -0.2) is 22.3 Å². The van der Waals surface area contributed by atoms with Crippen LogP contribution in [0.15, 0.2) is 24.5 Å². The molecule has 1 amide bonds. The third kappa shape index (κ3) is 1.62. The number of hydrogen-bond donors (Lipinski definition) is 0. The predicted molar refractivity (Wildman–Crippen MR) is 53.6 cm³/mol. The number of rotatable bonds is 1. The van der Waals surface area contributed by atoms with E-state index in [1.807, 2.05) is 23.2 Å². The number of aromatic nitrogens is 1. The molecule has 1 unspecified atom stereocenters. The molecule has 1 aliphatic rings. The van der Waals surface area contributed by atoms with Gasteiger partial charge >= 0.3 is 0 Å². The number of likely N-dealkylation sites (tertiary alicyclic amines) is 1. The Labute approximate surface area is 83.8 Å². The second kappa shape index (κ2) is 3.78. The lowest BCUT2D eigenvalue weighted by Crippen LogP contribution is -2.28. The van der Waals surface area contributed by atoms with Crippen molar-refractivity contribution in [2.24, 2.45) is 0 Å². The SMILES string of the molecule is CC(=O)N1CCCC1c1cccnc1. The van der Waals surface area contributed by atoms with Crippen molar-refractivity contribution in [2.45, 2.75) is 25.8 Å². The average molecular weight is 190 g/mol. The fourth-order valence-corrected chi connectivity index (χ4v) is 2.06. The van der Waals surface area contributed by atoms with Gasteiger partial charge in [0.25, 0.3) is 0 Å². The summed E-state index contributed by atoms with van der Waals surface area (Å²) in [6.45, 7) is 2.52. The third-order valence-corrected chi connectivity index (χ3v) is 2.73. The summed E-state index contributed by atoms with van der Waals surface area (Å²) >= 11 is 0. The summed E-state index contributed by atoms with van der Waals surface area (Å²) in [5.74, 6) is 0.163. The molecule has 1 saturated heterocycles. The van der Waals surface area contributed by atoms with Crippen molar-refractivity contribution in [1.82, 2.24) is 9.88 Å². The zero-order valence-corrected chi connectivity index (χ0v) is 8.31. The standard InChI is InChI=1S/C11H14N2O/c1-9(14)13-7-3-5-11(13)10-4-2-6-12-8-10/h2,4,6,8,11H,3,5,7H2,1H3. The maximum absolute atomic E-state index is 11.3. The van der Waals surface area contributed by atoms with E-state index in [-0.39, 0.29) is 11.9 Å². The van der Waals surface area contributed by atoms with Gasteiger partial charge in [-0.25, -0.2) is 0 Å². The highest BCUT2D eigenvalue weighted by atomic mass is 16.2. The van der Waals surface area contributed by atoms with Crippen LogP contribution in [-0.2, 0) is 4.79 Å². The molecule has 0 aromatic carbocycles. The van der Waals surface area contributed by atoms with E-state index in [1.54, 1.807) is 13.1 Å². The first-order chi connectivity index (χ1) is 6.79. The molecule has 3 nitrogen and oxygen atoms in total. The fourth-order valence-electron chi connectivity index (χ4n) is 2.06. The van der Waals surface area contributed by atoms with Crippen molar-refractivity contribution < 1.29 is 4.79 Å². The van der Waals surface area contributed by atoms with E-state index in [0.29, 0.717) is 0 Å². The summed E-state index contributed by atoms with van der Waals surface area (Å²) < 4.78 is 0. The smallest absolute Gasteiger partial charge is 0.219 e. The molecule has 1 aromatic heterocycles. The third-order valence-electron chi connectivity index (χ3n) is 2.73. The van der Waals surface area contributed by atoms with E-state index in [0.717, 1.165) is 24.9 Å². The lowest BCUT2D eigenvalue weighted by atomic mass is 10.1. The topological polar surface area (TPSA) is 33.2 Å². The molecule has 0 spiro atoms. The van der Waals surface area contributed by atoms with Crippen LogP contribution in [0.1, 0.15) is 31.4 Å². The van der Waals surface area contributed by atoms with Crippen molar-refractivity contribution in [3.8, 4) is 0 Å². The summed E-state index contributed by atoms with van der Waals surface area (Å²) in [6, 6.07) is 4.21. The van der Waals surface area contributed by atoms with Crippen LogP contribution in [0.4, 0.5) is 0 Å². The zero-order chi connectivity index (χ0) is 9.97. The van der Waals surface area contributed by atoms with E-state index in [9.17, 15) is 4.79 Å². The molecule has 1 atom stereocenters. The average Bonchev–Trinajstić information content (AvgIpc) is 2.67. The summed E-state index contributed by atoms with van der Waals surface area (Å²) in [6.07, 6.45) is 5.77. The summed E-state index contributed by atoms with van der Waals surface area (Å²) in [4.78, 5) is 17.3. The number of carbonyl (C=O) groups excluding carboxylic acids is 1. The van der Waals surface area contributed by atoms with E-state index >= 15 is 0 Å². The molecule has 74 valence electrons. The van der Waals surface area contributed by atoms with E-state index in [4.69, 9.17) is 0 Å². The van der Waals surface area contributed by atoms with Crippen LogP contribution in [0.25, 0.3) is 0 Å². The van der Waals surface area contributed by atoms with Gasteiger partial charge in [-0.05, 0) is 24.5 Å². The quantitative estimate of drug-likeness (QED) is 0.676. The Morgan fingerprint density at radius 3 is 3.14 bits per heavy atom. The second-order valence-electron chi connectivity index (χ2n) is 3.66. The molecule has 0 bridgehead atoms. The van der Waals surface area contributed by atoms with Crippen molar-refractivity contribution in [1.29, 1.82) is 0 Å². The van der Waals surface area contributed by atoms with Crippen molar-refractivity contribution >= 4 is 5.91 Å². The highest BCUT2D eigenvalue weighted by molar-refractivity contribution is 5.74. The number of pyridine rings is 1. The van der Waals surface area contributed by atoms with Gasteiger partial charge in [-0.2, -0.15) is 0 Å². The maximum atomic E-state index is 11.3. The number of hydrogen-bond acceptors (Lipinski definition) is 2. The Morgan fingerprint density at radius 1 is 1.64 bits per heavy atom. The molecule has 1 fully saturated rings. The molecule has 0 aliphatic carbocycles. The van der Waals surface area contributed by atoms with Crippen LogP contribution in [0.3, 0.4) is 0 Å². The Kier molecular flexibility index (Phi) is 2.48. The summed E-state index contributed by atoms with van der Waals surface area (Å²) in [5, 5.41) is 0. The van der Waals surface area contributed by atoms with Gasteiger partial charge in [0, 0.05) is 25.9 Å². The molecule has 0 radical (unpaired) electrons. The van der Waals surface area contributed by atoms with Crippen LogP contribution in [0.2, 0.25) is 0 Å². The van der Waals surface area contributed by atoms with Gasteiger partial charge in [0.1, 0.15) is 0 Å². The van der Waals surface area contributed by atoms with Gasteiger partial charge in [0.2, 0.25) is 5.91 Å². The first-order valence-corrected chi connectivity index (χ1v) is 4.96. The minimum Gasteiger partial charge on any atom is -0.336 e. The molecule has 0 saturated carbocycles. The monoisotopic (exact) mass is 190 g/mol. The van der Waals surface area contributed by atoms with Crippen LogP contribution < -0.4 is 0 Å². The van der Waals surface area contributed by atoms with Gasteiger partial charge in [-0.15, -0.1) is 0 Å². The van der Waals surface area contributed by atoms with Crippen LogP contribution >= 0.6 is 0 Å². The van der Waals surface area contributed by atoms with E-state index in [1.165, 1.54) is 0 Å². The fraction of sp³-hybridized carbons (Fsp3) is 0.455. The second-order valence-corrected chi connectivity index (χ2v) is 3.66. The normalized spacial score (nSPS) is 21.2. The predicted octanol–water partition coefficient (Wildman–Crippen LogP) is 1.77. The Hall–Kier alpha value is -1.38. The molecule has 2 heterocycles. The largest absolute Gasteiger partial charge is 0.336 e. The van der Waals surface area contributed by atoms with Gasteiger partial charge < -0.3 is 4.90 Å². The zero-order valence-electron chi connectivity index (χ0n) is 8.31. The molecule has 1 aromatic rings. The molecule has 14 heavy (non-hydrogen) atoms. The van der Waals surface area contributed by atoms with Crippen molar-refractivity contribution in [2.75, 3.05) is 6.54 Å². The lowest BCUT2D eigenvalue weighted by molar-refractivity contribution is -0.129. The molecule has 3 heteroatoms. The summed E-state index contributed by atoms with van der Waals surface area (Å²) in [5.41, 5.74) is 1.15. The molecular formula is C11H14N2O. The van der Waals surface area contributed by atoms with Gasteiger partial charge in [-0.3, -0.25) is 9.78 Å². The Bertz CT molecular complexity index is 323. The first-order valence-electron chi connectivity index (χ1n) is 4.96.